The van der Waals surface area contributed by atoms with Gasteiger partial charge in [-0.2, -0.15) is 0 Å². The SMILES string of the molecule is O=C(O)CC(=O)CCCCl. The van der Waals surface area contributed by atoms with Crippen LogP contribution in [0.5, 0.6) is 0 Å². The van der Waals surface area contributed by atoms with Crippen LogP contribution >= 0.6 is 11.6 Å². The Morgan fingerprint density at radius 1 is 1.40 bits per heavy atom. The molecular weight excluding hydrogens is 156 g/mol. The highest BCUT2D eigenvalue weighted by Crippen LogP contribution is 1.96. The highest BCUT2D eigenvalue weighted by atomic mass is 35.5. The lowest BCUT2D eigenvalue weighted by Gasteiger charge is -1.92. The summed E-state index contributed by atoms with van der Waals surface area (Å²) in [6, 6.07) is 0. The zero-order valence-corrected chi connectivity index (χ0v) is 6.23. The Labute approximate surface area is 64.0 Å². The molecule has 0 rings (SSSR count). The van der Waals surface area contributed by atoms with Crippen molar-refractivity contribution in [2.24, 2.45) is 0 Å². The summed E-state index contributed by atoms with van der Waals surface area (Å²) in [6.07, 6.45) is 0.459. The monoisotopic (exact) mass is 164 g/mol. The molecule has 0 spiro atoms. The summed E-state index contributed by atoms with van der Waals surface area (Å²) in [4.78, 5) is 20.5. The first-order chi connectivity index (χ1) is 4.66. The van der Waals surface area contributed by atoms with E-state index in [1.165, 1.54) is 0 Å². The third kappa shape index (κ3) is 5.56. The van der Waals surface area contributed by atoms with E-state index < -0.39 is 5.97 Å². The maximum Gasteiger partial charge on any atom is 0.310 e. The van der Waals surface area contributed by atoms with Crippen molar-refractivity contribution in [3.63, 3.8) is 0 Å². The van der Waals surface area contributed by atoms with Gasteiger partial charge in [0.1, 0.15) is 12.2 Å². The van der Waals surface area contributed by atoms with Crippen molar-refractivity contribution in [3.05, 3.63) is 0 Å². The summed E-state index contributed by atoms with van der Waals surface area (Å²) in [6.45, 7) is 0. The van der Waals surface area contributed by atoms with Crippen molar-refractivity contribution in [2.75, 3.05) is 5.88 Å². The Balaban J connectivity index is 3.35. The standard InChI is InChI=1S/C6H9ClO3/c7-3-1-2-5(8)4-6(9)10/h1-4H2,(H,9,10). The Morgan fingerprint density at radius 3 is 2.40 bits per heavy atom. The number of hydrogen-bond acceptors (Lipinski definition) is 2. The summed E-state index contributed by atoms with van der Waals surface area (Å²) in [5.41, 5.74) is 0. The molecule has 0 aliphatic rings. The minimum atomic E-state index is -1.07. The van der Waals surface area contributed by atoms with E-state index in [0.29, 0.717) is 12.3 Å². The average molecular weight is 165 g/mol. The zero-order chi connectivity index (χ0) is 7.98. The summed E-state index contributed by atoms with van der Waals surface area (Å²) in [7, 11) is 0. The van der Waals surface area contributed by atoms with E-state index in [2.05, 4.69) is 0 Å². The summed E-state index contributed by atoms with van der Waals surface area (Å²) in [5, 5.41) is 8.13. The third-order valence-corrected chi connectivity index (χ3v) is 1.20. The van der Waals surface area contributed by atoms with Gasteiger partial charge in [-0.3, -0.25) is 9.59 Å². The summed E-state index contributed by atoms with van der Waals surface area (Å²) < 4.78 is 0. The Morgan fingerprint density at radius 2 is 2.00 bits per heavy atom. The predicted octanol–water partition coefficient (Wildman–Crippen LogP) is 1.05. The van der Waals surface area contributed by atoms with Gasteiger partial charge in [-0.25, -0.2) is 0 Å². The van der Waals surface area contributed by atoms with Crippen molar-refractivity contribution >= 4 is 23.4 Å². The fraction of sp³-hybridized carbons (Fsp3) is 0.667. The molecule has 0 fully saturated rings. The number of carbonyl (C=O) groups is 2. The fourth-order valence-electron chi connectivity index (χ4n) is 0.521. The van der Waals surface area contributed by atoms with Crippen molar-refractivity contribution in [2.45, 2.75) is 19.3 Å². The van der Waals surface area contributed by atoms with E-state index in [4.69, 9.17) is 16.7 Å². The number of carboxylic acid groups (broad SMARTS) is 1. The van der Waals surface area contributed by atoms with E-state index in [-0.39, 0.29) is 18.6 Å². The number of rotatable bonds is 5. The van der Waals surface area contributed by atoms with Crippen LogP contribution in [-0.4, -0.2) is 22.7 Å². The van der Waals surface area contributed by atoms with E-state index >= 15 is 0 Å². The van der Waals surface area contributed by atoms with Crippen LogP contribution in [0.1, 0.15) is 19.3 Å². The van der Waals surface area contributed by atoms with Gasteiger partial charge in [-0.15, -0.1) is 11.6 Å². The maximum absolute atomic E-state index is 10.6. The quantitative estimate of drug-likeness (QED) is 0.488. The lowest BCUT2D eigenvalue weighted by atomic mass is 10.2. The molecule has 10 heavy (non-hydrogen) atoms. The Bertz CT molecular complexity index is 133. The molecule has 4 heteroatoms. The molecule has 1 N–H and O–H groups in total. The van der Waals surface area contributed by atoms with E-state index in [1.807, 2.05) is 0 Å². The number of Topliss-reactive ketones (excluding diaryl/α,β-unsaturated/α-hetero) is 1. The van der Waals surface area contributed by atoms with Crippen molar-refractivity contribution in [1.29, 1.82) is 0 Å². The van der Waals surface area contributed by atoms with E-state index in [1.54, 1.807) is 0 Å². The van der Waals surface area contributed by atoms with Crippen LogP contribution in [0, 0.1) is 0 Å². The number of carboxylic acids is 1. The van der Waals surface area contributed by atoms with Gasteiger partial charge in [-0.05, 0) is 6.42 Å². The number of carbonyl (C=O) groups excluding carboxylic acids is 1. The van der Waals surface area contributed by atoms with Crippen molar-refractivity contribution in [3.8, 4) is 0 Å². The maximum atomic E-state index is 10.6. The molecule has 0 bridgehead atoms. The number of aliphatic carboxylic acids is 1. The van der Waals surface area contributed by atoms with Crippen molar-refractivity contribution in [1.82, 2.24) is 0 Å². The van der Waals surface area contributed by atoms with E-state index in [9.17, 15) is 9.59 Å². The molecule has 0 radical (unpaired) electrons. The van der Waals surface area contributed by atoms with E-state index in [0.717, 1.165) is 0 Å². The first-order valence-corrected chi connectivity index (χ1v) is 3.49. The van der Waals surface area contributed by atoms with Crippen LogP contribution in [0.3, 0.4) is 0 Å². The zero-order valence-electron chi connectivity index (χ0n) is 5.47. The van der Waals surface area contributed by atoms with Crippen LogP contribution in [0.15, 0.2) is 0 Å². The summed E-state index contributed by atoms with van der Waals surface area (Å²) >= 11 is 5.28. The number of halogens is 1. The number of hydrogen-bond donors (Lipinski definition) is 1. The van der Waals surface area contributed by atoms with Crippen LogP contribution in [0.2, 0.25) is 0 Å². The minimum absolute atomic E-state index is 0.256. The second-order valence-electron chi connectivity index (χ2n) is 1.90. The number of alkyl halides is 1. The molecule has 0 aliphatic carbocycles. The lowest BCUT2D eigenvalue weighted by Crippen LogP contribution is -2.06. The molecule has 0 heterocycles. The topological polar surface area (TPSA) is 54.4 Å². The molecule has 0 saturated carbocycles. The third-order valence-electron chi connectivity index (χ3n) is 0.938. The first-order valence-electron chi connectivity index (χ1n) is 2.96. The molecule has 0 amide bonds. The van der Waals surface area contributed by atoms with Crippen molar-refractivity contribution < 1.29 is 14.7 Å². The van der Waals surface area contributed by atoms with Gasteiger partial charge in [0, 0.05) is 12.3 Å². The molecule has 3 nitrogen and oxygen atoms in total. The first kappa shape index (κ1) is 9.43. The number of ketones is 1. The normalized spacial score (nSPS) is 9.30. The van der Waals surface area contributed by atoms with Gasteiger partial charge in [0.15, 0.2) is 0 Å². The average Bonchev–Trinajstić information content (AvgIpc) is 1.82. The highest BCUT2D eigenvalue weighted by molar-refractivity contribution is 6.18. The van der Waals surface area contributed by atoms with Gasteiger partial charge in [0.2, 0.25) is 0 Å². The fourth-order valence-corrected chi connectivity index (χ4v) is 0.655. The Hall–Kier alpha value is -0.570. The van der Waals surface area contributed by atoms with Gasteiger partial charge < -0.3 is 5.11 Å². The molecule has 0 unspecified atom stereocenters. The lowest BCUT2D eigenvalue weighted by molar-refractivity contribution is -0.140. The molecule has 0 saturated heterocycles. The second-order valence-corrected chi connectivity index (χ2v) is 2.28. The minimum Gasteiger partial charge on any atom is -0.481 e. The summed E-state index contributed by atoms with van der Waals surface area (Å²) in [5.74, 6) is -0.918. The largest absolute Gasteiger partial charge is 0.481 e. The van der Waals surface area contributed by atoms with Gasteiger partial charge in [0.25, 0.3) is 0 Å². The highest BCUT2D eigenvalue weighted by Gasteiger charge is 2.05. The Kier molecular flexibility index (Phi) is 4.94. The van der Waals surface area contributed by atoms with Crippen LogP contribution < -0.4 is 0 Å². The van der Waals surface area contributed by atoms with Gasteiger partial charge in [-0.1, -0.05) is 0 Å². The van der Waals surface area contributed by atoms with Gasteiger partial charge in [0.05, 0.1) is 0 Å². The molecule has 0 aromatic rings. The smallest absolute Gasteiger partial charge is 0.310 e. The predicted molar refractivity (Wildman–Crippen MR) is 37.2 cm³/mol. The van der Waals surface area contributed by atoms with Crippen LogP contribution in [0.25, 0.3) is 0 Å². The second kappa shape index (κ2) is 5.23. The molecule has 0 aliphatic heterocycles. The van der Waals surface area contributed by atoms with Gasteiger partial charge >= 0.3 is 5.97 Å². The molecule has 0 atom stereocenters. The molecule has 58 valence electrons. The molecule has 0 aromatic carbocycles. The van der Waals surface area contributed by atoms with Crippen LogP contribution in [-0.2, 0) is 9.59 Å². The molecule has 0 aromatic heterocycles. The molecular formula is C6H9ClO3. The van der Waals surface area contributed by atoms with Crippen LogP contribution in [0.4, 0.5) is 0 Å².